The maximum absolute atomic E-state index is 11.3. The van der Waals surface area contributed by atoms with Gasteiger partial charge in [-0.1, -0.05) is 158 Å². The molecule has 1 aliphatic rings. The SMILES string of the molecule is COC1C(O)[C@@H](COCc2ccccc2)O[C@H]1OCC(OCc1ccccc1)C(OCc1ccccc1)C(COCc1ccc2ccccc2c1)OCc1ccccc1. The second-order valence-electron chi connectivity index (χ2n) is 14.7. The lowest BCUT2D eigenvalue weighted by atomic mass is 10.1. The van der Waals surface area contributed by atoms with Gasteiger partial charge in [-0.3, -0.25) is 0 Å². The first-order valence-corrected chi connectivity index (χ1v) is 20.2. The Hall–Kier alpha value is -4.78. The molecule has 0 aromatic heterocycles. The number of fused-ring (bicyclic) bond motifs is 1. The van der Waals surface area contributed by atoms with Crippen molar-refractivity contribution in [1.29, 1.82) is 0 Å². The lowest BCUT2D eigenvalue weighted by Crippen LogP contribution is -2.48. The van der Waals surface area contributed by atoms with Gasteiger partial charge in [0.15, 0.2) is 6.29 Å². The molecule has 1 saturated heterocycles. The zero-order chi connectivity index (χ0) is 40.5. The average Bonchev–Trinajstić information content (AvgIpc) is 3.60. The van der Waals surface area contributed by atoms with Crippen molar-refractivity contribution in [3.05, 3.63) is 192 Å². The molecule has 5 unspecified atom stereocenters. The van der Waals surface area contributed by atoms with E-state index in [4.69, 9.17) is 37.9 Å². The molecular formula is C50H54O9. The Balaban J connectivity index is 1.12. The predicted molar refractivity (Wildman–Crippen MR) is 226 cm³/mol. The summed E-state index contributed by atoms with van der Waals surface area (Å²) in [6, 6.07) is 54.6. The van der Waals surface area contributed by atoms with E-state index >= 15 is 0 Å². The molecule has 0 amide bonds. The van der Waals surface area contributed by atoms with Crippen LogP contribution in [0.2, 0.25) is 0 Å². The standard InChI is InChI=1S/C50H54O9/c1-52-49-47(51)44(34-53-29-37-16-6-2-7-17-37)59-50(49)58-36-46(56-32-39-20-10-4-11-21-39)48(57-33-40-22-12-5-13-23-40)45(55-31-38-18-8-3-9-19-38)35-54-30-41-26-27-42-24-14-15-25-43(42)28-41/h2-28,44-51H,29-36H2,1H3/t44-,45?,46?,47?,48?,49?,50-/m1/s1. The third-order valence-corrected chi connectivity index (χ3v) is 10.4. The average molecular weight is 799 g/mol. The fourth-order valence-corrected chi connectivity index (χ4v) is 7.15. The number of methoxy groups -OCH3 is 1. The normalized spacial score (nSPS) is 19.4. The van der Waals surface area contributed by atoms with Crippen LogP contribution in [0.5, 0.6) is 0 Å². The highest BCUT2D eigenvalue weighted by Gasteiger charge is 2.46. The highest BCUT2D eigenvalue weighted by atomic mass is 16.7. The third kappa shape index (κ3) is 12.6. The Morgan fingerprint density at radius 3 is 1.58 bits per heavy atom. The smallest absolute Gasteiger partial charge is 0.187 e. The fourth-order valence-electron chi connectivity index (χ4n) is 7.15. The Labute approximate surface area is 347 Å². The van der Waals surface area contributed by atoms with E-state index in [-0.39, 0.29) is 19.8 Å². The second kappa shape index (κ2) is 22.6. The Morgan fingerprint density at radius 2 is 1.00 bits per heavy atom. The van der Waals surface area contributed by atoms with Crippen molar-refractivity contribution in [2.24, 2.45) is 0 Å². The summed E-state index contributed by atoms with van der Waals surface area (Å²) in [4.78, 5) is 0. The van der Waals surface area contributed by atoms with Crippen molar-refractivity contribution in [1.82, 2.24) is 0 Å². The number of ether oxygens (including phenoxy) is 8. The van der Waals surface area contributed by atoms with E-state index in [0.29, 0.717) is 33.0 Å². The summed E-state index contributed by atoms with van der Waals surface area (Å²) in [5, 5.41) is 13.6. The molecule has 0 saturated carbocycles. The van der Waals surface area contributed by atoms with Crippen molar-refractivity contribution in [2.75, 3.05) is 26.9 Å². The minimum atomic E-state index is -0.972. The summed E-state index contributed by atoms with van der Waals surface area (Å²) in [6.07, 6.45) is -5.21. The van der Waals surface area contributed by atoms with Crippen LogP contribution in [0.25, 0.3) is 10.8 Å². The van der Waals surface area contributed by atoms with Gasteiger partial charge in [0, 0.05) is 7.11 Å². The van der Waals surface area contributed by atoms with Crippen LogP contribution in [-0.4, -0.2) is 75.0 Å². The van der Waals surface area contributed by atoms with Crippen LogP contribution < -0.4 is 0 Å². The summed E-state index contributed by atoms with van der Waals surface area (Å²) in [6.45, 7) is 2.10. The molecule has 6 aromatic rings. The maximum Gasteiger partial charge on any atom is 0.187 e. The van der Waals surface area contributed by atoms with Gasteiger partial charge in [-0.25, -0.2) is 0 Å². The van der Waals surface area contributed by atoms with E-state index in [1.54, 1.807) is 0 Å². The largest absolute Gasteiger partial charge is 0.387 e. The Kier molecular flexibility index (Phi) is 16.2. The number of hydrogen-bond acceptors (Lipinski definition) is 9. The van der Waals surface area contributed by atoms with Gasteiger partial charge in [0.1, 0.15) is 36.6 Å². The molecule has 0 aliphatic carbocycles. The predicted octanol–water partition coefficient (Wildman–Crippen LogP) is 8.45. The van der Waals surface area contributed by atoms with E-state index < -0.39 is 42.9 Å². The van der Waals surface area contributed by atoms with Crippen LogP contribution in [0.1, 0.15) is 27.8 Å². The zero-order valence-electron chi connectivity index (χ0n) is 33.5. The number of rotatable bonds is 23. The monoisotopic (exact) mass is 798 g/mol. The number of hydrogen-bond donors (Lipinski definition) is 1. The first-order chi connectivity index (χ1) is 29.1. The van der Waals surface area contributed by atoms with Crippen LogP contribution in [0.15, 0.2) is 164 Å². The van der Waals surface area contributed by atoms with Crippen LogP contribution >= 0.6 is 0 Å². The number of aliphatic hydroxyl groups excluding tert-OH is 1. The van der Waals surface area contributed by atoms with E-state index in [0.717, 1.165) is 33.2 Å². The fraction of sp³-hybridized carbons (Fsp3) is 0.320. The highest BCUT2D eigenvalue weighted by molar-refractivity contribution is 5.82. The van der Waals surface area contributed by atoms with Crippen molar-refractivity contribution >= 4 is 10.8 Å². The molecule has 1 aliphatic heterocycles. The maximum atomic E-state index is 11.3. The first-order valence-electron chi connectivity index (χ1n) is 20.2. The van der Waals surface area contributed by atoms with Crippen LogP contribution in [-0.2, 0) is 70.9 Å². The summed E-state index contributed by atoms with van der Waals surface area (Å²) < 4.78 is 51.3. The second-order valence-corrected chi connectivity index (χ2v) is 14.7. The molecule has 9 nitrogen and oxygen atoms in total. The molecule has 7 rings (SSSR count). The summed E-state index contributed by atoms with van der Waals surface area (Å²) in [5.41, 5.74) is 5.09. The van der Waals surface area contributed by atoms with Crippen molar-refractivity contribution < 1.29 is 43.0 Å². The lowest BCUT2D eigenvalue weighted by molar-refractivity contribution is -0.221. The molecule has 0 spiro atoms. The minimum absolute atomic E-state index is 0.0387. The van der Waals surface area contributed by atoms with Gasteiger partial charge in [0.05, 0.1) is 52.9 Å². The molecule has 308 valence electrons. The third-order valence-electron chi connectivity index (χ3n) is 10.4. The van der Waals surface area contributed by atoms with Crippen LogP contribution in [0.4, 0.5) is 0 Å². The molecular weight excluding hydrogens is 745 g/mol. The summed E-state index contributed by atoms with van der Waals surface area (Å²) >= 11 is 0. The van der Waals surface area contributed by atoms with Gasteiger partial charge in [0.2, 0.25) is 0 Å². The van der Waals surface area contributed by atoms with E-state index in [1.807, 2.05) is 133 Å². The molecule has 7 atom stereocenters. The summed E-state index contributed by atoms with van der Waals surface area (Å²) in [5.74, 6) is 0. The first kappa shape index (κ1) is 42.3. The van der Waals surface area contributed by atoms with Gasteiger partial charge >= 0.3 is 0 Å². The van der Waals surface area contributed by atoms with Crippen molar-refractivity contribution in [3.63, 3.8) is 0 Å². The van der Waals surface area contributed by atoms with Crippen molar-refractivity contribution in [3.8, 4) is 0 Å². The number of aliphatic hydroxyl groups is 1. The van der Waals surface area contributed by atoms with E-state index in [2.05, 4.69) is 30.3 Å². The minimum Gasteiger partial charge on any atom is -0.387 e. The number of benzene rings is 6. The molecule has 9 heteroatoms. The molecule has 0 radical (unpaired) electrons. The topological polar surface area (TPSA) is 94.1 Å². The molecule has 1 N–H and O–H groups in total. The molecule has 1 fully saturated rings. The Morgan fingerprint density at radius 1 is 0.508 bits per heavy atom. The zero-order valence-corrected chi connectivity index (χ0v) is 33.5. The van der Waals surface area contributed by atoms with Gasteiger partial charge in [-0.2, -0.15) is 0 Å². The van der Waals surface area contributed by atoms with Crippen LogP contribution in [0.3, 0.4) is 0 Å². The van der Waals surface area contributed by atoms with Crippen LogP contribution in [0, 0.1) is 0 Å². The van der Waals surface area contributed by atoms with Crippen molar-refractivity contribution in [2.45, 2.75) is 75.9 Å². The van der Waals surface area contributed by atoms with Gasteiger partial charge in [-0.15, -0.1) is 0 Å². The lowest BCUT2D eigenvalue weighted by Gasteiger charge is -2.34. The molecule has 1 heterocycles. The van der Waals surface area contributed by atoms with Gasteiger partial charge in [-0.05, 0) is 44.7 Å². The molecule has 59 heavy (non-hydrogen) atoms. The Bertz CT molecular complexity index is 2070. The van der Waals surface area contributed by atoms with Gasteiger partial charge < -0.3 is 43.0 Å². The molecule has 6 aromatic carbocycles. The summed E-state index contributed by atoms with van der Waals surface area (Å²) in [7, 11) is 1.54. The highest BCUT2D eigenvalue weighted by Crippen LogP contribution is 2.27. The quantitative estimate of drug-likeness (QED) is 0.0686. The van der Waals surface area contributed by atoms with E-state index in [1.165, 1.54) is 12.5 Å². The molecule has 0 bridgehead atoms. The van der Waals surface area contributed by atoms with Gasteiger partial charge in [0.25, 0.3) is 0 Å². The van der Waals surface area contributed by atoms with E-state index in [9.17, 15) is 5.11 Å².